The van der Waals surface area contributed by atoms with Crippen LogP contribution in [0.3, 0.4) is 0 Å². The second-order valence-electron chi connectivity index (χ2n) is 5.10. The van der Waals surface area contributed by atoms with E-state index in [2.05, 4.69) is 28.8 Å². The van der Waals surface area contributed by atoms with Gasteiger partial charge in [-0.1, -0.05) is 11.6 Å². The van der Waals surface area contributed by atoms with E-state index in [0.29, 0.717) is 16.9 Å². The Labute approximate surface area is 114 Å². The van der Waals surface area contributed by atoms with Crippen LogP contribution < -0.4 is 5.73 Å². The van der Waals surface area contributed by atoms with Crippen LogP contribution >= 0.6 is 11.6 Å². The molecule has 0 radical (unpaired) electrons. The number of nitrogens with zero attached hydrogens (tertiary/aromatic N) is 3. The number of halogens is 1. The first-order chi connectivity index (χ1) is 8.56. The molecule has 1 aliphatic rings. The number of hydrogen-bond acceptors (Lipinski definition) is 4. The van der Waals surface area contributed by atoms with Crippen molar-refractivity contribution in [1.82, 2.24) is 14.8 Å². The molecule has 1 aromatic rings. The first-order valence-corrected chi connectivity index (χ1v) is 6.77. The van der Waals surface area contributed by atoms with Gasteiger partial charge in [-0.05, 0) is 39.1 Å². The van der Waals surface area contributed by atoms with Crippen molar-refractivity contribution in [3.8, 4) is 0 Å². The highest BCUT2D eigenvalue weighted by Gasteiger charge is 2.20. The van der Waals surface area contributed by atoms with Crippen molar-refractivity contribution >= 4 is 17.4 Å². The van der Waals surface area contributed by atoms with E-state index in [1.165, 1.54) is 6.42 Å². The number of likely N-dealkylation sites (N-methyl/N-ethyl adjacent to an activating group) is 1. The van der Waals surface area contributed by atoms with Crippen molar-refractivity contribution in [2.75, 3.05) is 32.4 Å². The van der Waals surface area contributed by atoms with Crippen LogP contribution in [0.4, 0.5) is 5.82 Å². The maximum absolute atomic E-state index is 6.18. The molecule has 0 aromatic carbocycles. The van der Waals surface area contributed by atoms with Gasteiger partial charge in [-0.25, -0.2) is 4.98 Å². The molecule has 2 N–H and O–H groups in total. The average Bonchev–Trinajstić information content (AvgIpc) is 2.46. The van der Waals surface area contributed by atoms with Gasteiger partial charge in [0, 0.05) is 25.7 Å². The van der Waals surface area contributed by atoms with Gasteiger partial charge < -0.3 is 10.6 Å². The highest BCUT2D eigenvalue weighted by molar-refractivity contribution is 6.31. The molecule has 1 saturated heterocycles. The van der Waals surface area contributed by atoms with Gasteiger partial charge in [0.2, 0.25) is 0 Å². The van der Waals surface area contributed by atoms with Gasteiger partial charge >= 0.3 is 0 Å². The summed E-state index contributed by atoms with van der Waals surface area (Å²) < 4.78 is 0. The number of nitrogen functional groups attached to an aromatic ring is 1. The molecule has 1 aliphatic heterocycles. The van der Waals surface area contributed by atoms with Crippen molar-refractivity contribution in [2.45, 2.75) is 25.9 Å². The molecular formula is C13H21ClN4. The molecule has 100 valence electrons. The number of pyridine rings is 1. The highest BCUT2D eigenvalue weighted by Crippen LogP contribution is 2.19. The van der Waals surface area contributed by atoms with E-state index in [1.54, 1.807) is 6.07 Å². The summed E-state index contributed by atoms with van der Waals surface area (Å²) in [5.41, 5.74) is 6.61. The Morgan fingerprint density at radius 1 is 1.44 bits per heavy atom. The molecule has 0 aliphatic carbocycles. The monoisotopic (exact) mass is 268 g/mol. The summed E-state index contributed by atoms with van der Waals surface area (Å²) in [6.07, 6.45) is 1.18. The number of aromatic nitrogens is 1. The molecule has 18 heavy (non-hydrogen) atoms. The van der Waals surface area contributed by atoms with Crippen LogP contribution in [-0.4, -0.2) is 47.5 Å². The fraction of sp³-hybridized carbons (Fsp3) is 0.615. The lowest BCUT2D eigenvalue weighted by Gasteiger charge is -2.27. The van der Waals surface area contributed by atoms with E-state index < -0.39 is 0 Å². The van der Waals surface area contributed by atoms with E-state index in [0.717, 1.165) is 31.9 Å². The molecule has 1 unspecified atom stereocenters. The lowest BCUT2D eigenvalue weighted by atomic mass is 10.2. The molecule has 4 nitrogen and oxygen atoms in total. The predicted molar refractivity (Wildman–Crippen MR) is 75.6 cm³/mol. The Kier molecular flexibility index (Phi) is 4.43. The normalized spacial score (nSPS) is 22.9. The second-order valence-corrected chi connectivity index (χ2v) is 5.51. The highest BCUT2D eigenvalue weighted by atomic mass is 35.5. The van der Waals surface area contributed by atoms with E-state index in [-0.39, 0.29) is 0 Å². The van der Waals surface area contributed by atoms with Crippen molar-refractivity contribution in [3.05, 3.63) is 22.8 Å². The first kappa shape index (κ1) is 13.6. The van der Waals surface area contributed by atoms with Crippen molar-refractivity contribution < 1.29 is 0 Å². The van der Waals surface area contributed by atoms with Crippen molar-refractivity contribution in [2.24, 2.45) is 0 Å². The van der Waals surface area contributed by atoms with E-state index in [1.807, 2.05) is 6.07 Å². The SMILES string of the molecule is CC1CN(C)CCCN1Cc1nc(N)ccc1Cl. The zero-order valence-corrected chi connectivity index (χ0v) is 11.8. The van der Waals surface area contributed by atoms with Crippen LogP contribution in [-0.2, 0) is 6.54 Å². The minimum absolute atomic E-state index is 0.511. The lowest BCUT2D eigenvalue weighted by Crippen LogP contribution is -2.37. The molecule has 1 aromatic heterocycles. The number of nitrogens with two attached hydrogens (primary N) is 1. The van der Waals surface area contributed by atoms with Crippen LogP contribution in [0.2, 0.25) is 5.02 Å². The fourth-order valence-electron chi connectivity index (χ4n) is 2.46. The number of rotatable bonds is 2. The zero-order chi connectivity index (χ0) is 13.1. The maximum Gasteiger partial charge on any atom is 0.123 e. The van der Waals surface area contributed by atoms with Crippen molar-refractivity contribution in [1.29, 1.82) is 0 Å². The lowest BCUT2D eigenvalue weighted by molar-refractivity contribution is 0.193. The second kappa shape index (κ2) is 5.87. The molecule has 0 amide bonds. The van der Waals surface area contributed by atoms with E-state index >= 15 is 0 Å². The van der Waals surface area contributed by atoms with Crippen LogP contribution in [0.15, 0.2) is 12.1 Å². The van der Waals surface area contributed by atoms with Crippen LogP contribution in [0, 0.1) is 0 Å². The summed E-state index contributed by atoms with van der Waals surface area (Å²) in [6, 6.07) is 4.08. The third kappa shape index (κ3) is 3.34. The molecule has 1 fully saturated rings. The smallest absolute Gasteiger partial charge is 0.123 e. The minimum Gasteiger partial charge on any atom is -0.384 e. The topological polar surface area (TPSA) is 45.4 Å². The average molecular weight is 269 g/mol. The predicted octanol–water partition coefficient (Wildman–Crippen LogP) is 1.84. The Balaban J connectivity index is 2.09. The maximum atomic E-state index is 6.18. The molecular weight excluding hydrogens is 248 g/mol. The molecule has 2 heterocycles. The third-order valence-electron chi connectivity index (χ3n) is 3.48. The quantitative estimate of drug-likeness (QED) is 0.889. The van der Waals surface area contributed by atoms with Gasteiger partial charge in [0.15, 0.2) is 0 Å². The summed E-state index contributed by atoms with van der Waals surface area (Å²) in [5.74, 6) is 0.536. The molecule has 5 heteroatoms. The zero-order valence-electron chi connectivity index (χ0n) is 11.1. The van der Waals surface area contributed by atoms with Crippen LogP contribution in [0.5, 0.6) is 0 Å². The number of anilines is 1. The molecule has 0 saturated carbocycles. The van der Waals surface area contributed by atoms with E-state index in [9.17, 15) is 0 Å². The van der Waals surface area contributed by atoms with Crippen molar-refractivity contribution in [3.63, 3.8) is 0 Å². The van der Waals surface area contributed by atoms with Gasteiger partial charge in [-0.15, -0.1) is 0 Å². The molecule has 1 atom stereocenters. The summed E-state index contributed by atoms with van der Waals surface area (Å²) in [6.45, 7) is 6.35. The van der Waals surface area contributed by atoms with Gasteiger partial charge in [0.25, 0.3) is 0 Å². The summed E-state index contributed by atoms with van der Waals surface area (Å²) >= 11 is 6.18. The fourth-order valence-corrected chi connectivity index (χ4v) is 2.63. The Morgan fingerprint density at radius 2 is 2.22 bits per heavy atom. The molecule has 0 bridgehead atoms. The Hall–Kier alpha value is -0.840. The van der Waals surface area contributed by atoms with Crippen LogP contribution in [0.1, 0.15) is 19.0 Å². The summed E-state index contributed by atoms with van der Waals surface area (Å²) in [7, 11) is 2.17. The minimum atomic E-state index is 0.511. The Morgan fingerprint density at radius 3 is 3.00 bits per heavy atom. The Bertz CT molecular complexity index is 410. The molecule has 0 spiro atoms. The summed E-state index contributed by atoms with van der Waals surface area (Å²) in [5, 5.41) is 0.703. The van der Waals surface area contributed by atoms with Gasteiger partial charge in [0.05, 0.1) is 10.7 Å². The largest absolute Gasteiger partial charge is 0.384 e. The van der Waals surface area contributed by atoms with Crippen LogP contribution in [0.25, 0.3) is 0 Å². The summed E-state index contributed by atoms with van der Waals surface area (Å²) in [4.78, 5) is 9.14. The van der Waals surface area contributed by atoms with Gasteiger partial charge in [-0.2, -0.15) is 0 Å². The van der Waals surface area contributed by atoms with Gasteiger partial charge in [0.1, 0.15) is 5.82 Å². The number of hydrogen-bond donors (Lipinski definition) is 1. The first-order valence-electron chi connectivity index (χ1n) is 6.40. The van der Waals surface area contributed by atoms with E-state index in [4.69, 9.17) is 17.3 Å². The third-order valence-corrected chi connectivity index (χ3v) is 3.82. The molecule has 2 rings (SSSR count). The van der Waals surface area contributed by atoms with Gasteiger partial charge in [-0.3, -0.25) is 4.90 Å². The standard InChI is InChI=1S/C13H21ClN4/c1-10-8-17(2)6-3-7-18(10)9-12-11(14)4-5-13(15)16-12/h4-5,10H,3,6-9H2,1-2H3,(H2,15,16).